The standard InChI is InChI=1S/C13H16ClNO3S/c1-9(2)8-15-6-5-10-3-4-11(19(14,17)18)7-12(10)13(15)16/h3-4,7,9H,5-6,8H2,1-2H3. The molecule has 0 spiro atoms. The monoisotopic (exact) mass is 301 g/mol. The minimum atomic E-state index is -3.80. The Labute approximate surface area is 117 Å². The predicted octanol–water partition coefficient (Wildman–Crippen LogP) is 2.27. The first kappa shape index (κ1) is 14.3. The van der Waals surface area contributed by atoms with Gasteiger partial charge in [-0.1, -0.05) is 19.9 Å². The van der Waals surface area contributed by atoms with E-state index in [4.69, 9.17) is 10.7 Å². The topological polar surface area (TPSA) is 54.5 Å². The van der Waals surface area contributed by atoms with Crippen LogP contribution in [0.4, 0.5) is 0 Å². The van der Waals surface area contributed by atoms with Crippen LogP contribution in [0.3, 0.4) is 0 Å². The third-order valence-corrected chi connectivity index (χ3v) is 4.47. The number of nitrogens with zero attached hydrogens (tertiary/aromatic N) is 1. The second-order valence-corrected chi connectivity index (χ2v) is 7.72. The molecule has 6 heteroatoms. The molecule has 0 N–H and O–H groups in total. The zero-order valence-corrected chi connectivity index (χ0v) is 12.5. The second kappa shape index (κ2) is 5.13. The van der Waals surface area contributed by atoms with E-state index in [2.05, 4.69) is 0 Å². The highest BCUT2D eigenvalue weighted by atomic mass is 35.7. The Kier molecular flexibility index (Phi) is 3.87. The van der Waals surface area contributed by atoms with Gasteiger partial charge in [-0.2, -0.15) is 0 Å². The molecule has 104 valence electrons. The normalized spacial score (nSPS) is 15.8. The van der Waals surface area contributed by atoms with E-state index in [1.807, 2.05) is 13.8 Å². The Hall–Kier alpha value is -1.07. The van der Waals surface area contributed by atoms with Crippen molar-refractivity contribution in [3.63, 3.8) is 0 Å². The van der Waals surface area contributed by atoms with Crippen molar-refractivity contribution in [1.82, 2.24) is 4.90 Å². The molecule has 2 rings (SSSR count). The fourth-order valence-corrected chi connectivity index (χ4v) is 3.04. The zero-order valence-electron chi connectivity index (χ0n) is 10.9. The molecule has 0 saturated heterocycles. The van der Waals surface area contributed by atoms with E-state index in [1.54, 1.807) is 11.0 Å². The maximum Gasteiger partial charge on any atom is 0.261 e. The summed E-state index contributed by atoms with van der Waals surface area (Å²) in [6, 6.07) is 4.51. The molecule has 0 radical (unpaired) electrons. The Morgan fingerprint density at radius 1 is 1.37 bits per heavy atom. The minimum Gasteiger partial charge on any atom is -0.338 e. The molecule has 0 aliphatic carbocycles. The number of carbonyl (C=O) groups is 1. The lowest BCUT2D eigenvalue weighted by molar-refractivity contribution is 0.0719. The van der Waals surface area contributed by atoms with Gasteiger partial charge < -0.3 is 4.90 Å². The molecule has 1 heterocycles. The molecule has 0 aromatic heterocycles. The predicted molar refractivity (Wildman–Crippen MR) is 73.9 cm³/mol. The van der Waals surface area contributed by atoms with Crippen molar-refractivity contribution in [2.75, 3.05) is 13.1 Å². The Bertz CT molecular complexity index is 610. The smallest absolute Gasteiger partial charge is 0.261 e. The quantitative estimate of drug-likeness (QED) is 0.805. The van der Waals surface area contributed by atoms with Crippen LogP contribution in [-0.2, 0) is 15.5 Å². The van der Waals surface area contributed by atoms with Crippen molar-refractivity contribution < 1.29 is 13.2 Å². The van der Waals surface area contributed by atoms with Crippen LogP contribution in [0.25, 0.3) is 0 Å². The van der Waals surface area contributed by atoms with Gasteiger partial charge in [-0.05, 0) is 30.0 Å². The number of hydrogen-bond acceptors (Lipinski definition) is 3. The maximum atomic E-state index is 12.3. The lowest BCUT2D eigenvalue weighted by atomic mass is 9.98. The van der Waals surface area contributed by atoms with Gasteiger partial charge in [0.1, 0.15) is 0 Å². The van der Waals surface area contributed by atoms with Gasteiger partial charge in [0.05, 0.1) is 4.90 Å². The van der Waals surface area contributed by atoms with Gasteiger partial charge in [-0.3, -0.25) is 4.79 Å². The third kappa shape index (κ3) is 3.09. The molecule has 0 unspecified atom stereocenters. The largest absolute Gasteiger partial charge is 0.338 e. The average molecular weight is 302 g/mol. The van der Waals surface area contributed by atoms with Crippen LogP contribution < -0.4 is 0 Å². The third-order valence-electron chi connectivity index (χ3n) is 3.12. The number of rotatable bonds is 3. The van der Waals surface area contributed by atoms with Crippen LogP contribution in [0.5, 0.6) is 0 Å². The van der Waals surface area contributed by atoms with Gasteiger partial charge in [0.25, 0.3) is 15.0 Å². The van der Waals surface area contributed by atoms with E-state index in [1.165, 1.54) is 12.1 Å². The van der Waals surface area contributed by atoms with Gasteiger partial charge in [-0.25, -0.2) is 8.42 Å². The highest BCUT2D eigenvalue weighted by molar-refractivity contribution is 8.13. The molecular formula is C13H16ClNO3S. The van der Waals surface area contributed by atoms with E-state index >= 15 is 0 Å². The molecule has 0 atom stereocenters. The van der Waals surface area contributed by atoms with Crippen molar-refractivity contribution in [3.8, 4) is 0 Å². The van der Waals surface area contributed by atoms with E-state index in [0.29, 0.717) is 24.6 Å². The molecule has 1 aliphatic heterocycles. The van der Waals surface area contributed by atoms with Crippen LogP contribution in [0, 0.1) is 5.92 Å². The summed E-state index contributed by atoms with van der Waals surface area (Å²) in [5, 5.41) is 0. The fourth-order valence-electron chi connectivity index (χ4n) is 2.27. The van der Waals surface area contributed by atoms with Crippen LogP contribution in [0.2, 0.25) is 0 Å². The molecule has 1 amide bonds. The van der Waals surface area contributed by atoms with Crippen molar-refractivity contribution in [2.24, 2.45) is 5.92 Å². The molecule has 1 aliphatic rings. The number of amides is 1. The van der Waals surface area contributed by atoms with Crippen molar-refractivity contribution >= 4 is 25.6 Å². The summed E-state index contributed by atoms with van der Waals surface area (Å²) < 4.78 is 22.7. The van der Waals surface area contributed by atoms with Crippen molar-refractivity contribution in [2.45, 2.75) is 25.2 Å². The molecule has 0 saturated carbocycles. The van der Waals surface area contributed by atoms with E-state index in [-0.39, 0.29) is 10.8 Å². The van der Waals surface area contributed by atoms with Gasteiger partial charge in [0.15, 0.2) is 0 Å². The highest BCUT2D eigenvalue weighted by Crippen LogP contribution is 2.24. The lowest BCUT2D eigenvalue weighted by Crippen LogP contribution is -2.39. The second-order valence-electron chi connectivity index (χ2n) is 5.15. The minimum absolute atomic E-state index is 0.0207. The summed E-state index contributed by atoms with van der Waals surface area (Å²) in [6.45, 7) is 5.44. The summed E-state index contributed by atoms with van der Waals surface area (Å²) in [4.78, 5) is 14.1. The maximum absolute atomic E-state index is 12.3. The van der Waals surface area contributed by atoms with Gasteiger partial charge in [-0.15, -0.1) is 0 Å². The Morgan fingerprint density at radius 3 is 2.63 bits per heavy atom. The first-order valence-electron chi connectivity index (χ1n) is 6.16. The summed E-state index contributed by atoms with van der Waals surface area (Å²) in [6.07, 6.45) is 0.746. The van der Waals surface area contributed by atoms with Gasteiger partial charge >= 0.3 is 0 Å². The van der Waals surface area contributed by atoms with Crippen LogP contribution in [0.1, 0.15) is 29.8 Å². The molecule has 1 aromatic rings. The molecule has 19 heavy (non-hydrogen) atoms. The Balaban J connectivity index is 2.39. The molecule has 4 nitrogen and oxygen atoms in total. The van der Waals surface area contributed by atoms with E-state index in [9.17, 15) is 13.2 Å². The average Bonchev–Trinajstić information content (AvgIpc) is 2.31. The number of carbonyl (C=O) groups excluding carboxylic acids is 1. The van der Waals surface area contributed by atoms with Crippen LogP contribution >= 0.6 is 10.7 Å². The fraction of sp³-hybridized carbons (Fsp3) is 0.462. The summed E-state index contributed by atoms with van der Waals surface area (Å²) >= 11 is 0. The van der Waals surface area contributed by atoms with E-state index < -0.39 is 9.05 Å². The summed E-state index contributed by atoms with van der Waals surface area (Å²) in [7, 11) is 1.52. The summed E-state index contributed by atoms with van der Waals surface area (Å²) in [5.74, 6) is 0.266. The molecular weight excluding hydrogens is 286 g/mol. The van der Waals surface area contributed by atoms with Crippen molar-refractivity contribution in [1.29, 1.82) is 0 Å². The summed E-state index contributed by atoms with van der Waals surface area (Å²) in [5.41, 5.74) is 1.34. The van der Waals surface area contributed by atoms with Crippen LogP contribution in [-0.4, -0.2) is 32.3 Å². The lowest BCUT2D eigenvalue weighted by Gasteiger charge is -2.30. The Morgan fingerprint density at radius 2 is 2.05 bits per heavy atom. The van der Waals surface area contributed by atoms with Gasteiger partial charge in [0.2, 0.25) is 0 Å². The number of benzene rings is 1. The first-order chi connectivity index (χ1) is 8.79. The van der Waals surface area contributed by atoms with Crippen molar-refractivity contribution in [3.05, 3.63) is 29.3 Å². The first-order valence-corrected chi connectivity index (χ1v) is 8.47. The SMILES string of the molecule is CC(C)CN1CCc2ccc(S(=O)(=O)Cl)cc2C1=O. The van der Waals surface area contributed by atoms with E-state index in [0.717, 1.165) is 12.0 Å². The molecule has 0 fully saturated rings. The molecule has 1 aromatic carbocycles. The number of halogens is 1. The molecule has 0 bridgehead atoms. The number of hydrogen-bond donors (Lipinski definition) is 0. The van der Waals surface area contributed by atoms with Crippen LogP contribution in [0.15, 0.2) is 23.1 Å². The zero-order chi connectivity index (χ0) is 14.2. The highest BCUT2D eigenvalue weighted by Gasteiger charge is 2.26. The number of fused-ring (bicyclic) bond motifs is 1. The van der Waals surface area contributed by atoms with Gasteiger partial charge in [0, 0.05) is 29.3 Å².